The third kappa shape index (κ3) is 3.46. The Hall–Kier alpha value is -3.27. The minimum atomic E-state index is 0.449. The molecule has 0 aliphatic rings. The molecule has 4 nitrogen and oxygen atoms in total. The average molecular weight is 383 g/mol. The first-order chi connectivity index (χ1) is 14.0. The number of hydrogen-bond donors (Lipinski definition) is 0. The van der Waals surface area contributed by atoms with Crippen molar-refractivity contribution in [2.75, 3.05) is 0 Å². The van der Waals surface area contributed by atoms with Gasteiger partial charge in [-0.3, -0.25) is 9.55 Å². The second-order valence-electron chi connectivity index (χ2n) is 7.84. The second-order valence-corrected chi connectivity index (χ2v) is 7.84. The third-order valence-electron chi connectivity index (χ3n) is 5.40. The number of aromatic nitrogens is 4. The molecule has 0 aliphatic carbocycles. The van der Waals surface area contributed by atoms with E-state index in [0.717, 1.165) is 34.2 Å². The molecule has 2 aromatic heterocycles. The van der Waals surface area contributed by atoms with Crippen LogP contribution in [0.25, 0.3) is 28.5 Å². The lowest BCUT2D eigenvalue weighted by Gasteiger charge is -2.15. The van der Waals surface area contributed by atoms with Crippen LogP contribution in [0.5, 0.6) is 0 Å². The third-order valence-corrected chi connectivity index (χ3v) is 5.40. The highest BCUT2D eigenvalue weighted by Crippen LogP contribution is 2.33. The Labute approximate surface area is 172 Å². The summed E-state index contributed by atoms with van der Waals surface area (Å²) in [5.74, 6) is 2.13. The zero-order chi connectivity index (χ0) is 20.5. The molecule has 2 heterocycles. The van der Waals surface area contributed by atoms with Crippen molar-refractivity contribution in [3.63, 3.8) is 0 Å². The SMILES string of the molecule is Cc1cccc(C)c1-c1nnc(-c2cccc(C(C)C)c2)n1-c1cccnc1C. The number of nitrogens with zero attached hydrogens (tertiary/aromatic N) is 4. The van der Waals surface area contributed by atoms with Gasteiger partial charge in [-0.05, 0) is 61.6 Å². The van der Waals surface area contributed by atoms with Gasteiger partial charge in [0.25, 0.3) is 0 Å². The predicted octanol–water partition coefficient (Wildman–Crippen LogP) is 6.04. The topological polar surface area (TPSA) is 43.6 Å². The summed E-state index contributed by atoms with van der Waals surface area (Å²) in [6, 6.07) is 18.9. The minimum Gasteiger partial charge on any atom is -0.273 e. The van der Waals surface area contributed by atoms with Crippen LogP contribution in [0, 0.1) is 20.8 Å². The first-order valence-corrected chi connectivity index (χ1v) is 10.0. The molecule has 146 valence electrons. The Morgan fingerprint density at radius 3 is 2.17 bits per heavy atom. The summed E-state index contributed by atoms with van der Waals surface area (Å²) in [6.07, 6.45) is 1.82. The molecule has 0 saturated carbocycles. The van der Waals surface area contributed by atoms with Crippen LogP contribution in [0.3, 0.4) is 0 Å². The van der Waals surface area contributed by atoms with Gasteiger partial charge in [0.15, 0.2) is 11.6 Å². The molecule has 0 amide bonds. The highest BCUT2D eigenvalue weighted by molar-refractivity contribution is 5.71. The highest BCUT2D eigenvalue weighted by atomic mass is 15.3. The van der Waals surface area contributed by atoms with Crippen LogP contribution >= 0.6 is 0 Å². The van der Waals surface area contributed by atoms with Gasteiger partial charge in [-0.15, -0.1) is 10.2 Å². The number of pyridine rings is 1. The van der Waals surface area contributed by atoms with Crippen molar-refractivity contribution in [1.29, 1.82) is 0 Å². The smallest absolute Gasteiger partial charge is 0.169 e. The molecule has 2 aromatic carbocycles. The lowest BCUT2D eigenvalue weighted by atomic mass is 10.00. The summed E-state index contributed by atoms with van der Waals surface area (Å²) in [4.78, 5) is 4.52. The molecule has 0 unspecified atom stereocenters. The summed E-state index contributed by atoms with van der Waals surface area (Å²) >= 11 is 0. The van der Waals surface area contributed by atoms with Crippen molar-refractivity contribution in [3.8, 4) is 28.5 Å². The van der Waals surface area contributed by atoms with Crippen molar-refractivity contribution in [1.82, 2.24) is 19.7 Å². The summed E-state index contributed by atoms with van der Waals surface area (Å²) in [6.45, 7) is 10.7. The quantitative estimate of drug-likeness (QED) is 0.432. The number of hydrogen-bond acceptors (Lipinski definition) is 3. The van der Waals surface area contributed by atoms with E-state index >= 15 is 0 Å². The summed E-state index contributed by atoms with van der Waals surface area (Å²) in [5.41, 5.74) is 7.78. The molecule has 0 radical (unpaired) electrons. The Morgan fingerprint density at radius 2 is 1.48 bits per heavy atom. The van der Waals surface area contributed by atoms with Crippen LogP contribution in [0.2, 0.25) is 0 Å². The van der Waals surface area contributed by atoms with Crippen molar-refractivity contribution < 1.29 is 0 Å². The first-order valence-electron chi connectivity index (χ1n) is 10.0. The Bertz CT molecular complexity index is 1150. The number of benzene rings is 2. The van der Waals surface area contributed by atoms with Crippen LogP contribution in [-0.4, -0.2) is 19.7 Å². The monoisotopic (exact) mass is 382 g/mol. The zero-order valence-corrected chi connectivity index (χ0v) is 17.6. The maximum Gasteiger partial charge on any atom is 0.169 e. The molecule has 0 aliphatic heterocycles. The van der Waals surface area contributed by atoms with Crippen molar-refractivity contribution in [3.05, 3.63) is 83.2 Å². The molecule has 0 bridgehead atoms. The lowest BCUT2D eigenvalue weighted by molar-refractivity contribution is 0.866. The van der Waals surface area contributed by atoms with Gasteiger partial charge in [0.2, 0.25) is 0 Å². The van der Waals surface area contributed by atoms with Crippen molar-refractivity contribution in [2.24, 2.45) is 0 Å². The Balaban J connectivity index is 2.03. The molecule has 0 spiro atoms. The minimum absolute atomic E-state index is 0.449. The highest BCUT2D eigenvalue weighted by Gasteiger charge is 2.21. The summed E-state index contributed by atoms with van der Waals surface area (Å²) in [5, 5.41) is 9.31. The number of rotatable bonds is 4. The van der Waals surface area contributed by atoms with E-state index in [4.69, 9.17) is 0 Å². The van der Waals surface area contributed by atoms with E-state index in [1.165, 1.54) is 16.7 Å². The van der Waals surface area contributed by atoms with Crippen LogP contribution in [-0.2, 0) is 0 Å². The first kappa shape index (κ1) is 19.1. The van der Waals surface area contributed by atoms with Gasteiger partial charge in [0.1, 0.15) is 0 Å². The van der Waals surface area contributed by atoms with Gasteiger partial charge < -0.3 is 0 Å². The van der Waals surface area contributed by atoms with Gasteiger partial charge in [-0.1, -0.05) is 50.2 Å². The second kappa shape index (κ2) is 7.63. The normalized spacial score (nSPS) is 11.2. The molecule has 4 rings (SSSR count). The van der Waals surface area contributed by atoms with Crippen molar-refractivity contribution in [2.45, 2.75) is 40.5 Å². The number of aryl methyl sites for hydroxylation is 3. The fourth-order valence-corrected chi connectivity index (χ4v) is 3.78. The molecular formula is C25H26N4. The van der Waals surface area contributed by atoms with E-state index in [1.54, 1.807) is 0 Å². The van der Waals surface area contributed by atoms with E-state index in [2.05, 4.69) is 96.0 Å². The van der Waals surface area contributed by atoms with Crippen LogP contribution in [0.1, 0.15) is 42.1 Å². The average Bonchev–Trinajstić information content (AvgIpc) is 3.13. The van der Waals surface area contributed by atoms with Gasteiger partial charge in [-0.25, -0.2) is 0 Å². The molecule has 4 heteroatoms. The Morgan fingerprint density at radius 1 is 0.793 bits per heavy atom. The summed E-state index contributed by atoms with van der Waals surface area (Å²) in [7, 11) is 0. The van der Waals surface area contributed by atoms with E-state index < -0.39 is 0 Å². The lowest BCUT2D eigenvalue weighted by Crippen LogP contribution is -2.05. The fourth-order valence-electron chi connectivity index (χ4n) is 3.78. The Kier molecular flexibility index (Phi) is 5.01. The van der Waals surface area contributed by atoms with Gasteiger partial charge in [0, 0.05) is 17.3 Å². The largest absolute Gasteiger partial charge is 0.273 e. The molecular weight excluding hydrogens is 356 g/mol. The molecule has 4 aromatic rings. The fraction of sp³-hybridized carbons (Fsp3) is 0.240. The standard InChI is InChI=1S/C25H26N4/c1-16(2)20-11-7-12-21(15-20)24-27-28-25(23-17(3)9-6-10-18(23)4)29(24)22-13-8-14-26-19(22)5/h6-16H,1-5H3. The van der Waals surface area contributed by atoms with Crippen LogP contribution in [0.15, 0.2) is 60.8 Å². The van der Waals surface area contributed by atoms with E-state index in [-0.39, 0.29) is 0 Å². The predicted molar refractivity (Wildman–Crippen MR) is 118 cm³/mol. The molecule has 0 atom stereocenters. The molecule has 0 fully saturated rings. The van der Waals surface area contributed by atoms with Crippen LogP contribution < -0.4 is 0 Å². The van der Waals surface area contributed by atoms with E-state index in [0.29, 0.717) is 5.92 Å². The molecule has 0 saturated heterocycles. The zero-order valence-electron chi connectivity index (χ0n) is 17.6. The van der Waals surface area contributed by atoms with Crippen molar-refractivity contribution >= 4 is 0 Å². The summed E-state index contributed by atoms with van der Waals surface area (Å²) < 4.78 is 2.15. The van der Waals surface area contributed by atoms with Crippen LogP contribution in [0.4, 0.5) is 0 Å². The van der Waals surface area contributed by atoms with Gasteiger partial charge in [0.05, 0.1) is 11.4 Å². The van der Waals surface area contributed by atoms with E-state index in [1.807, 2.05) is 19.2 Å². The molecule has 0 N–H and O–H groups in total. The molecule has 29 heavy (non-hydrogen) atoms. The maximum absolute atomic E-state index is 4.66. The van der Waals surface area contributed by atoms with Gasteiger partial charge in [-0.2, -0.15) is 0 Å². The maximum atomic E-state index is 4.66. The van der Waals surface area contributed by atoms with Gasteiger partial charge >= 0.3 is 0 Å². The van der Waals surface area contributed by atoms with E-state index in [9.17, 15) is 0 Å².